The van der Waals surface area contributed by atoms with Gasteiger partial charge in [0, 0.05) is 6.54 Å². The molecule has 0 radical (unpaired) electrons. The molecule has 0 spiro atoms. The zero-order valence-corrected chi connectivity index (χ0v) is 14.3. The molecule has 8 heteroatoms. The minimum atomic E-state index is -0.370. The number of ether oxygens (including phenoxy) is 2. The van der Waals surface area contributed by atoms with Gasteiger partial charge in [-0.15, -0.1) is 0 Å². The first-order valence-corrected chi connectivity index (χ1v) is 8.32. The summed E-state index contributed by atoms with van der Waals surface area (Å²) in [7, 11) is 0. The standard InChI is InChI=1S/C19H17FN4O3/c20-8-13(9-21)10-24-19(25)23(11-22-24)16-3-1-2-14(6-16)15-4-5-17-18(7-15)27-12-26-17/h1-8,11H,9-10,12,21H2/b13-8-. The Hall–Kier alpha value is -3.39. The highest BCUT2D eigenvalue weighted by Crippen LogP contribution is 2.36. The smallest absolute Gasteiger partial charge is 0.350 e. The summed E-state index contributed by atoms with van der Waals surface area (Å²) in [5.41, 5.74) is 7.87. The predicted molar refractivity (Wildman–Crippen MR) is 97.6 cm³/mol. The highest BCUT2D eigenvalue weighted by Gasteiger charge is 2.14. The van der Waals surface area contributed by atoms with Crippen LogP contribution in [0.1, 0.15) is 0 Å². The van der Waals surface area contributed by atoms with E-state index >= 15 is 0 Å². The van der Waals surface area contributed by atoms with Crippen molar-refractivity contribution in [2.75, 3.05) is 13.3 Å². The van der Waals surface area contributed by atoms with Gasteiger partial charge in [-0.25, -0.2) is 18.4 Å². The van der Waals surface area contributed by atoms with Crippen LogP contribution in [0.25, 0.3) is 16.8 Å². The summed E-state index contributed by atoms with van der Waals surface area (Å²) < 4.78 is 26.1. The Bertz CT molecular complexity index is 1070. The molecule has 0 bridgehead atoms. The molecular formula is C19H17FN4O3. The largest absolute Gasteiger partial charge is 0.454 e. The van der Waals surface area contributed by atoms with Gasteiger partial charge in [-0.3, -0.25) is 0 Å². The van der Waals surface area contributed by atoms with Gasteiger partial charge in [0.15, 0.2) is 11.5 Å². The first-order valence-electron chi connectivity index (χ1n) is 8.32. The van der Waals surface area contributed by atoms with Crippen molar-refractivity contribution in [3.63, 3.8) is 0 Å². The zero-order chi connectivity index (χ0) is 18.8. The fourth-order valence-electron chi connectivity index (χ4n) is 2.87. The Morgan fingerprint density at radius 3 is 2.81 bits per heavy atom. The Balaban J connectivity index is 1.67. The second-order valence-corrected chi connectivity index (χ2v) is 6.03. The van der Waals surface area contributed by atoms with Gasteiger partial charge in [0.1, 0.15) is 6.33 Å². The molecule has 1 aliphatic heterocycles. The highest BCUT2D eigenvalue weighted by molar-refractivity contribution is 5.69. The summed E-state index contributed by atoms with van der Waals surface area (Å²) in [4.78, 5) is 12.6. The Morgan fingerprint density at radius 2 is 2.00 bits per heavy atom. The van der Waals surface area contributed by atoms with Crippen molar-refractivity contribution in [3.05, 3.63) is 71.2 Å². The molecule has 0 saturated heterocycles. The number of hydrogen-bond donors (Lipinski definition) is 1. The molecule has 0 fully saturated rings. The molecule has 7 nitrogen and oxygen atoms in total. The van der Waals surface area contributed by atoms with Gasteiger partial charge in [0.25, 0.3) is 0 Å². The molecular weight excluding hydrogens is 351 g/mol. The van der Waals surface area contributed by atoms with Crippen LogP contribution in [0.5, 0.6) is 11.5 Å². The average Bonchev–Trinajstić information content (AvgIpc) is 3.32. The van der Waals surface area contributed by atoms with Crippen molar-refractivity contribution < 1.29 is 13.9 Å². The lowest BCUT2D eigenvalue weighted by Gasteiger charge is -2.07. The van der Waals surface area contributed by atoms with Gasteiger partial charge < -0.3 is 15.2 Å². The van der Waals surface area contributed by atoms with E-state index in [-0.39, 0.29) is 31.1 Å². The van der Waals surface area contributed by atoms with E-state index in [1.54, 1.807) is 6.07 Å². The number of nitrogens with zero attached hydrogens (tertiary/aromatic N) is 3. The molecule has 0 aliphatic carbocycles. The van der Waals surface area contributed by atoms with E-state index < -0.39 is 0 Å². The molecule has 4 rings (SSSR count). The van der Waals surface area contributed by atoms with E-state index in [0.29, 0.717) is 23.5 Å². The van der Waals surface area contributed by atoms with Crippen molar-refractivity contribution in [2.45, 2.75) is 6.54 Å². The Morgan fingerprint density at radius 1 is 1.19 bits per heavy atom. The molecule has 3 aromatic rings. The van der Waals surface area contributed by atoms with E-state index in [4.69, 9.17) is 15.2 Å². The fourth-order valence-corrected chi connectivity index (χ4v) is 2.87. The molecule has 27 heavy (non-hydrogen) atoms. The van der Waals surface area contributed by atoms with E-state index in [0.717, 1.165) is 11.1 Å². The van der Waals surface area contributed by atoms with Crippen molar-refractivity contribution in [3.8, 4) is 28.3 Å². The highest BCUT2D eigenvalue weighted by atomic mass is 19.1. The summed E-state index contributed by atoms with van der Waals surface area (Å²) in [6, 6.07) is 13.1. The molecule has 2 N–H and O–H groups in total. The quantitative estimate of drug-likeness (QED) is 0.747. The number of rotatable bonds is 5. The fraction of sp³-hybridized carbons (Fsp3) is 0.158. The molecule has 138 valence electrons. The third-order valence-electron chi connectivity index (χ3n) is 4.33. The SMILES string of the molecule is NC/C(=C/F)Cn1ncn(-c2cccc(-c3ccc4c(c3)OCO4)c2)c1=O. The van der Waals surface area contributed by atoms with Crippen LogP contribution >= 0.6 is 0 Å². The van der Waals surface area contributed by atoms with Crippen molar-refractivity contribution in [2.24, 2.45) is 5.73 Å². The van der Waals surface area contributed by atoms with Gasteiger partial charge in [-0.2, -0.15) is 5.10 Å². The second kappa shape index (κ2) is 7.08. The molecule has 0 unspecified atom stereocenters. The summed E-state index contributed by atoms with van der Waals surface area (Å²) in [5.74, 6) is 1.40. The van der Waals surface area contributed by atoms with Crippen LogP contribution in [0, 0.1) is 0 Å². The van der Waals surface area contributed by atoms with Crippen molar-refractivity contribution in [1.82, 2.24) is 14.3 Å². The van der Waals surface area contributed by atoms with Crippen LogP contribution in [0.3, 0.4) is 0 Å². The summed E-state index contributed by atoms with van der Waals surface area (Å²) in [5, 5.41) is 4.05. The maximum atomic E-state index is 12.7. The number of nitrogens with two attached hydrogens (primary N) is 1. The van der Waals surface area contributed by atoms with Crippen LogP contribution in [-0.4, -0.2) is 27.7 Å². The Kier molecular flexibility index (Phi) is 4.47. The topological polar surface area (TPSA) is 84.3 Å². The first-order chi connectivity index (χ1) is 13.2. The summed E-state index contributed by atoms with van der Waals surface area (Å²) in [6.07, 6.45) is 1.82. The minimum absolute atomic E-state index is 0.0146. The Labute approximate surface area is 154 Å². The van der Waals surface area contributed by atoms with Gasteiger partial charge in [0.2, 0.25) is 6.79 Å². The van der Waals surface area contributed by atoms with Gasteiger partial charge in [-0.1, -0.05) is 18.2 Å². The van der Waals surface area contributed by atoms with Crippen LogP contribution < -0.4 is 20.9 Å². The zero-order valence-electron chi connectivity index (χ0n) is 14.3. The van der Waals surface area contributed by atoms with E-state index in [2.05, 4.69) is 5.10 Å². The number of fused-ring (bicyclic) bond motifs is 1. The third kappa shape index (κ3) is 3.22. The lowest BCUT2D eigenvalue weighted by atomic mass is 10.0. The second-order valence-electron chi connectivity index (χ2n) is 6.03. The van der Waals surface area contributed by atoms with Crippen molar-refractivity contribution in [1.29, 1.82) is 0 Å². The van der Waals surface area contributed by atoms with E-state index in [1.165, 1.54) is 15.6 Å². The molecule has 1 aliphatic rings. The van der Waals surface area contributed by atoms with Crippen LogP contribution in [0.2, 0.25) is 0 Å². The van der Waals surface area contributed by atoms with Crippen LogP contribution in [0.4, 0.5) is 4.39 Å². The molecule has 2 aromatic carbocycles. The monoisotopic (exact) mass is 368 g/mol. The number of benzene rings is 2. The maximum absolute atomic E-state index is 12.7. The predicted octanol–water partition coefficient (Wildman–Crippen LogP) is 2.24. The number of halogens is 1. The van der Waals surface area contributed by atoms with E-state index in [9.17, 15) is 9.18 Å². The molecule has 0 amide bonds. The lowest BCUT2D eigenvalue weighted by molar-refractivity contribution is 0.174. The van der Waals surface area contributed by atoms with Crippen LogP contribution in [-0.2, 0) is 6.54 Å². The first kappa shape index (κ1) is 17.0. The third-order valence-corrected chi connectivity index (χ3v) is 4.33. The van der Waals surface area contributed by atoms with Gasteiger partial charge in [0.05, 0.1) is 18.6 Å². The lowest BCUT2D eigenvalue weighted by Crippen LogP contribution is -2.25. The maximum Gasteiger partial charge on any atom is 0.350 e. The minimum Gasteiger partial charge on any atom is -0.454 e. The van der Waals surface area contributed by atoms with Gasteiger partial charge in [-0.05, 0) is 41.0 Å². The van der Waals surface area contributed by atoms with Gasteiger partial charge >= 0.3 is 5.69 Å². The average molecular weight is 368 g/mol. The molecule has 0 saturated carbocycles. The summed E-state index contributed by atoms with van der Waals surface area (Å²) >= 11 is 0. The molecule has 2 heterocycles. The van der Waals surface area contributed by atoms with Crippen LogP contribution in [0.15, 0.2) is 65.5 Å². The summed E-state index contributed by atoms with van der Waals surface area (Å²) in [6.45, 7) is 0.252. The number of hydrogen-bond acceptors (Lipinski definition) is 5. The van der Waals surface area contributed by atoms with Crippen molar-refractivity contribution >= 4 is 0 Å². The molecule has 1 aromatic heterocycles. The number of aromatic nitrogens is 3. The normalized spacial score (nSPS) is 13.2. The molecule has 0 atom stereocenters. The van der Waals surface area contributed by atoms with E-state index in [1.807, 2.05) is 36.4 Å².